The van der Waals surface area contributed by atoms with E-state index in [4.69, 9.17) is 0 Å². The van der Waals surface area contributed by atoms with Crippen molar-refractivity contribution in [2.75, 3.05) is 51.1 Å². The van der Waals surface area contributed by atoms with Gasteiger partial charge >= 0.3 is 0 Å². The number of nitrogens with one attached hydrogen (secondary N) is 1. The minimum atomic E-state index is -0.0209. The zero-order valence-corrected chi connectivity index (χ0v) is 18.9. The average Bonchev–Trinajstić information content (AvgIpc) is 2.79. The third-order valence-corrected chi connectivity index (χ3v) is 5.86. The zero-order valence-electron chi connectivity index (χ0n) is 18.9. The van der Waals surface area contributed by atoms with Gasteiger partial charge in [-0.3, -0.25) is 19.4 Å². The summed E-state index contributed by atoms with van der Waals surface area (Å²) in [6, 6.07) is 15.8. The van der Waals surface area contributed by atoms with Crippen LogP contribution in [-0.4, -0.2) is 72.3 Å². The monoisotopic (exact) mass is 422 g/mol. The van der Waals surface area contributed by atoms with Crippen LogP contribution in [-0.2, 0) is 11.3 Å². The SMILES string of the molecule is CCN(CC)Cc1ccc(C(=O)N2CCN(CC(=O)Nc3ccc(C)cc3)CC2)cc1. The van der Waals surface area contributed by atoms with Crippen molar-refractivity contribution in [1.29, 1.82) is 0 Å². The fourth-order valence-corrected chi connectivity index (χ4v) is 3.79. The minimum absolute atomic E-state index is 0.0209. The topological polar surface area (TPSA) is 55.9 Å². The summed E-state index contributed by atoms with van der Waals surface area (Å²) < 4.78 is 0. The summed E-state index contributed by atoms with van der Waals surface area (Å²) >= 11 is 0. The van der Waals surface area contributed by atoms with E-state index in [1.54, 1.807) is 0 Å². The molecule has 0 aromatic heterocycles. The molecule has 2 aromatic carbocycles. The minimum Gasteiger partial charge on any atom is -0.336 e. The van der Waals surface area contributed by atoms with Gasteiger partial charge in [-0.05, 0) is 49.8 Å². The maximum atomic E-state index is 12.9. The maximum absolute atomic E-state index is 12.9. The molecule has 1 aliphatic heterocycles. The van der Waals surface area contributed by atoms with Gasteiger partial charge in [-0.15, -0.1) is 0 Å². The standard InChI is InChI=1S/C25H34N4O2/c1-4-27(5-2)18-21-8-10-22(11-9-21)25(31)29-16-14-28(15-17-29)19-24(30)26-23-12-6-20(3)7-13-23/h6-13H,4-5,14-19H2,1-3H3,(H,26,30). The van der Waals surface area contributed by atoms with E-state index in [2.05, 4.69) is 41.1 Å². The number of rotatable bonds is 8. The Balaban J connectivity index is 1.46. The fourth-order valence-electron chi connectivity index (χ4n) is 3.79. The molecule has 6 nitrogen and oxygen atoms in total. The van der Waals surface area contributed by atoms with Gasteiger partial charge in [0.05, 0.1) is 6.54 Å². The lowest BCUT2D eigenvalue weighted by Gasteiger charge is -2.34. The Morgan fingerprint density at radius 1 is 0.903 bits per heavy atom. The number of nitrogens with zero attached hydrogens (tertiary/aromatic N) is 3. The van der Waals surface area contributed by atoms with Crippen LogP contribution in [0, 0.1) is 6.92 Å². The Labute approximate surface area is 185 Å². The summed E-state index contributed by atoms with van der Waals surface area (Å²) in [4.78, 5) is 31.5. The first-order valence-corrected chi connectivity index (χ1v) is 11.2. The van der Waals surface area contributed by atoms with Crippen LogP contribution in [0.4, 0.5) is 5.69 Å². The van der Waals surface area contributed by atoms with Crippen LogP contribution < -0.4 is 5.32 Å². The second-order valence-corrected chi connectivity index (χ2v) is 8.14. The molecule has 1 fully saturated rings. The Hall–Kier alpha value is -2.70. The van der Waals surface area contributed by atoms with E-state index in [-0.39, 0.29) is 11.8 Å². The van der Waals surface area contributed by atoms with E-state index in [1.165, 1.54) is 5.56 Å². The number of benzene rings is 2. The van der Waals surface area contributed by atoms with Gasteiger partial charge in [-0.1, -0.05) is 43.7 Å². The summed E-state index contributed by atoms with van der Waals surface area (Å²) in [5.74, 6) is 0.0468. The predicted molar refractivity (Wildman–Crippen MR) is 125 cm³/mol. The molecule has 31 heavy (non-hydrogen) atoms. The normalized spacial score (nSPS) is 14.6. The molecule has 2 aromatic rings. The molecule has 0 radical (unpaired) electrons. The van der Waals surface area contributed by atoms with Crippen molar-refractivity contribution in [2.45, 2.75) is 27.3 Å². The molecule has 0 spiro atoms. The van der Waals surface area contributed by atoms with Gasteiger partial charge in [0, 0.05) is 44.0 Å². The highest BCUT2D eigenvalue weighted by molar-refractivity contribution is 5.94. The number of amides is 2. The molecule has 166 valence electrons. The quantitative estimate of drug-likeness (QED) is 0.710. The molecule has 6 heteroatoms. The van der Waals surface area contributed by atoms with Crippen molar-refractivity contribution < 1.29 is 9.59 Å². The third kappa shape index (κ3) is 6.64. The van der Waals surface area contributed by atoms with Crippen molar-refractivity contribution in [1.82, 2.24) is 14.7 Å². The molecule has 1 heterocycles. The Bertz CT molecular complexity index is 852. The first-order valence-electron chi connectivity index (χ1n) is 11.2. The highest BCUT2D eigenvalue weighted by Crippen LogP contribution is 2.13. The van der Waals surface area contributed by atoms with Crippen molar-refractivity contribution >= 4 is 17.5 Å². The molecule has 0 aliphatic carbocycles. The second kappa shape index (κ2) is 11.1. The number of hydrogen-bond donors (Lipinski definition) is 1. The number of piperazine rings is 1. The summed E-state index contributed by atoms with van der Waals surface area (Å²) in [5.41, 5.74) is 3.93. The van der Waals surface area contributed by atoms with Crippen LogP contribution >= 0.6 is 0 Å². The maximum Gasteiger partial charge on any atom is 0.253 e. The van der Waals surface area contributed by atoms with E-state index >= 15 is 0 Å². The van der Waals surface area contributed by atoms with E-state index in [0.717, 1.165) is 36.4 Å². The van der Waals surface area contributed by atoms with Gasteiger partial charge in [0.25, 0.3) is 5.91 Å². The largest absolute Gasteiger partial charge is 0.336 e. The zero-order chi connectivity index (χ0) is 22.2. The summed E-state index contributed by atoms with van der Waals surface area (Å²) in [5, 5.41) is 2.94. The predicted octanol–water partition coefficient (Wildman–Crippen LogP) is 3.23. The molecule has 0 saturated carbocycles. The van der Waals surface area contributed by atoms with Crippen LogP contribution in [0.3, 0.4) is 0 Å². The first kappa shape index (κ1) is 23.0. The van der Waals surface area contributed by atoms with Crippen LogP contribution in [0.15, 0.2) is 48.5 Å². The van der Waals surface area contributed by atoms with Gasteiger partial charge in [0.1, 0.15) is 0 Å². The summed E-state index contributed by atoms with van der Waals surface area (Å²) in [7, 11) is 0. The average molecular weight is 423 g/mol. The van der Waals surface area contributed by atoms with Crippen LogP contribution in [0.5, 0.6) is 0 Å². The van der Waals surface area contributed by atoms with Crippen molar-refractivity contribution in [2.24, 2.45) is 0 Å². The van der Waals surface area contributed by atoms with Gasteiger partial charge in [0.2, 0.25) is 5.91 Å². The van der Waals surface area contributed by atoms with Crippen LogP contribution in [0.2, 0.25) is 0 Å². The van der Waals surface area contributed by atoms with Gasteiger partial charge in [0.15, 0.2) is 0 Å². The summed E-state index contributed by atoms with van der Waals surface area (Å²) in [6.07, 6.45) is 0. The molecule has 0 bridgehead atoms. The molecule has 2 amide bonds. The molecule has 0 atom stereocenters. The van der Waals surface area contributed by atoms with Crippen LogP contribution in [0.25, 0.3) is 0 Å². The van der Waals surface area contributed by atoms with Gasteiger partial charge in [-0.25, -0.2) is 0 Å². The van der Waals surface area contributed by atoms with Crippen molar-refractivity contribution in [3.05, 3.63) is 65.2 Å². The Morgan fingerprint density at radius 3 is 2.10 bits per heavy atom. The van der Waals surface area contributed by atoms with Crippen molar-refractivity contribution in [3.63, 3.8) is 0 Å². The number of carbonyl (C=O) groups excluding carboxylic acids is 2. The lowest BCUT2D eigenvalue weighted by molar-refractivity contribution is -0.117. The molecule has 3 rings (SSSR count). The molecule has 1 saturated heterocycles. The van der Waals surface area contributed by atoms with E-state index in [0.29, 0.717) is 32.7 Å². The molecular weight excluding hydrogens is 388 g/mol. The summed E-state index contributed by atoms with van der Waals surface area (Å²) in [6.45, 7) is 12.3. The highest BCUT2D eigenvalue weighted by atomic mass is 16.2. The van der Waals surface area contributed by atoms with E-state index in [9.17, 15) is 9.59 Å². The second-order valence-electron chi connectivity index (χ2n) is 8.14. The first-order chi connectivity index (χ1) is 15.0. The Morgan fingerprint density at radius 2 is 1.52 bits per heavy atom. The van der Waals surface area contributed by atoms with Crippen LogP contribution in [0.1, 0.15) is 35.3 Å². The van der Waals surface area contributed by atoms with E-state index < -0.39 is 0 Å². The molecule has 1 N–H and O–H groups in total. The molecule has 0 unspecified atom stereocenters. The number of aryl methyl sites for hydroxylation is 1. The lowest BCUT2D eigenvalue weighted by Crippen LogP contribution is -2.50. The molecular formula is C25H34N4O2. The van der Waals surface area contributed by atoms with E-state index in [1.807, 2.05) is 48.2 Å². The lowest BCUT2D eigenvalue weighted by atomic mass is 10.1. The fraction of sp³-hybridized carbons (Fsp3) is 0.440. The number of hydrogen-bond acceptors (Lipinski definition) is 4. The third-order valence-electron chi connectivity index (χ3n) is 5.86. The Kier molecular flexibility index (Phi) is 8.20. The van der Waals surface area contributed by atoms with Gasteiger partial charge < -0.3 is 10.2 Å². The molecule has 1 aliphatic rings. The highest BCUT2D eigenvalue weighted by Gasteiger charge is 2.23. The van der Waals surface area contributed by atoms with Crippen molar-refractivity contribution in [3.8, 4) is 0 Å². The number of anilines is 1. The smallest absolute Gasteiger partial charge is 0.253 e. The van der Waals surface area contributed by atoms with Gasteiger partial charge in [-0.2, -0.15) is 0 Å². The number of carbonyl (C=O) groups is 2.